The van der Waals surface area contributed by atoms with E-state index in [1.165, 1.54) is 11.8 Å². The summed E-state index contributed by atoms with van der Waals surface area (Å²) >= 11 is 11.2. The molecule has 5 rings (SSSR count). The minimum atomic E-state index is -0.439. The molecule has 1 atom stereocenters. The third-order valence-corrected chi connectivity index (χ3v) is 7.52. The molecule has 1 aromatic heterocycles. The zero-order chi connectivity index (χ0) is 22.2. The molecule has 8 heteroatoms. The fraction of sp³-hybridized carbons (Fsp3) is 0.208. The molecule has 0 saturated carbocycles. The zero-order valence-electron chi connectivity index (χ0n) is 17.0. The highest BCUT2D eigenvalue weighted by atomic mass is 79.9. The number of carbonyl (C=O) groups is 1. The van der Waals surface area contributed by atoms with Crippen LogP contribution in [0.4, 0.5) is 5.82 Å². The Balaban J connectivity index is 1.57. The molecule has 0 fully saturated rings. The second-order valence-electron chi connectivity index (χ2n) is 7.80. The summed E-state index contributed by atoms with van der Waals surface area (Å²) < 4.78 is 0.900. The van der Waals surface area contributed by atoms with Gasteiger partial charge in [-0.05, 0) is 42.2 Å². The number of aromatic nitrogens is 2. The van der Waals surface area contributed by atoms with Gasteiger partial charge in [-0.2, -0.15) is 0 Å². The maximum absolute atomic E-state index is 13.3. The molecule has 0 radical (unpaired) electrons. The van der Waals surface area contributed by atoms with Crippen LogP contribution in [0.3, 0.4) is 0 Å². The van der Waals surface area contributed by atoms with E-state index >= 15 is 0 Å². The van der Waals surface area contributed by atoms with Crippen LogP contribution in [0.15, 0.2) is 74.2 Å². The number of hydrogen-bond donors (Lipinski definition) is 2. The third-order valence-electron chi connectivity index (χ3n) is 5.74. The van der Waals surface area contributed by atoms with Crippen molar-refractivity contribution in [3.05, 3.63) is 96.3 Å². The lowest BCUT2D eigenvalue weighted by atomic mass is 9.76. The van der Waals surface area contributed by atoms with Crippen molar-refractivity contribution in [3.8, 4) is 0 Å². The van der Waals surface area contributed by atoms with E-state index in [-0.39, 0.29) is 11.3 Å². The molecule has 3 aromatic rings. The first kappa shape index (κ1) is 21.5. The van der Waals surface area contributed by atoms with Gasteiger partial charge in [0.1, 0.15) is 5.82 Å². The molecule has 1 aliphatic heterocycles. The first-order valence-electron chi connectivity index (χ1n) is 10.3. The molecular formula is C24H19BrClN3O2S. The Labute approximate surface area is 202 Å². The number of ketones is 1. The fourth-order valence-corrected chi connectivity index (χ4v) is 5.85. The van der Waals surface area contributed by atoms with E-state index in [2.05, 4.69) is 26.2 Å². The monoisotopic (exact) mass is 527 g/mol. The van der Waals surface area contributed by atoms with E-state index in [9.17, 15) is 9.59 Å². The van der Waals surface area contributed by atoms with Crippen molar-refractivity contribution in [2.45, 2.75) is 36.1 Å². The molecule has 0 amide bonds. The molecule has 0 saturated heterocycles. The Hall–Kier alpha value is -2.35. The van der Waals surface area contributed by atoms with Crippen molar-refractivity contribution in [2.24, 2.45) is 0 Å². The number of fused-ring (bicyclic) bond motifs is 1. The van der Waals surface area contributed by atoms with Crippen LogP contribution < -0.4 is 10.9 Å². The number of carbonyl (C=O) groups excluding carboxylic acids is 1. The fourth-order valence-electron chi connectivity index (χ4n) is 4.29. The van der Waals surface area contributed by atoms with E-state index < -0.39 is 5.92 Å². The molecule has 0 spiro atoms. The van der Waals surface area contributed by atoms with E-state index in [1.807, 2.05) is 48.5 Å². The van der Waals surface area contributed by atoms with Gasteiger partial charge in [0.15, 0.2) is 10.9 Å². The number of hydrogen-bond acceptors (Lipinski definition) is 5. The van der Waals surface area contributed by atoms with Crippen molar-refractivity contribution < 1.29 is 4.79 Å². The summed E-state index contributed by atoms with van der Waals surface area (Å²) in [4.78, 5) is 33.9. The predicted molar refractivity (Wildman–Crippen MR) is 131 cm³/mol. The molecule has 2 N–H and O–H groups in total. The standard InChI is InChI=1S/C24H19BrClN3O2S/c25-15-7-3-6-13(11-15)19-20-17(9-4-10-18(20)30)27-22-21(19)23(31)29-24(28-22)32-12-14-5-1-2-8-16(14)26/h1-3,5-8,11,19H,4,9-10,12H2,(H2,27,28,29,31)/t19-/m0/s1. The molecule has 5 nitrogen and oxygen atoms in total. The number of halogens is 2. The number of benzene rings is 2. The maximum Gasteiger partial charge on any atom is 0.257 e. The highest BCUT2D eigenvalue weighted by molar-refractivity contribution is 9.10. The summed E-state index contributed by atoms with van der Waals surface area (Å²) in [6.45, 7) is 0. The first-order chi connectivity index (χ1) is 15.5. The van der Waals surface area contributed by atoms with Gasteiger partial charge in [-0.25, -0.2) is 4.98 Å². The topological polar surface area (TPSA) is 74.8 Å². The Morgan fingerprint density at radius 3 is 2.78 bits per heavy atom. The average Bonchev–Trinajstić information content (AvgIpc) is 2.77. The van der Waals surface area contributed by atoms with Crippen molar-refractivity contribution >= 4 is 50.9 Å². The van der Waals surface area contributed by atoms with Crippen molar-refractivity contribution in [2.75, 3.05) is 5.32 Å². The van der Waals surface area contributed by atoms with Gasteiger partial charge in [0.25, 0.3) is 5.56 Å². The van der Waals surface area contributed by atoms with E-state index in [0.717, 1.165) is 34.1 Å². The van der Waals surface area contributed by atoms with Crippen LogP contribution in [0, 0.1) is 0 Å². The maximum atomic E-state index is 13.3. The first-order valence-corrected chi connectivity index (χ1v) is 12.5. The van der Waals surface area contributed by atoms with Crippen LogP contribution in [0.25, 0.3) is 0 Å². The SMILES string of the molecule is O=C1CCCC2=C1[C@H](c1cccc(Br)c1)c1c(nc(SCc3ccccc3Cl)[nH]c1=O)N2. The molecule has 1 aliphatic carbocycles. The highest BCUT2D eigenvalue weighted by Crippen LogP contribution is 2.44. The van der Waals surface area contributed by atoms with Crippen molar-refractivity contribution in [1.82, 2.24) is 9.97 Å². The number of allylic oxidation sites excluding steroid dienone is 2. The Kier molecular flexibility index (Phi) is 5.97. The van der Waals surface area contributed by atoms with Crippen molar-refractivity contribution in [1.29, 1.82) is 0 Å². The van der Waals surface area contributed by atoms with E-state index in [1.54, 1.807) is 0 Å². The number of nitrogens with one attached hydrogen (secondary N) is 2. The summed E-state index contributed by atoms with van der Waals surface area (Å²) in [5.74, 6) is 0.758. The number of aromatic amines is 1. The quantitative estimate of drug-likeness (QED) is 0.319. The van der Waals surface area contributed by atoms with Crippen LogP contribution in [-0.2, 0) is 10.5 Å². The predicted octanol–water partition coefficient (Wildman–Crippen LogP) is 6.04. The summed E-state index contributed by atoms with van der Waals surface area (Å²) in [6.07, 6.45) is 2.06. The number of rotatable bonds is 4. The molecule has 162 valence electrons. The minimum absolute atomic E-state index is 0.0888. The lowest BCUT2D eigenvalue weighted by Gasteiger charge is -2.32. The normalized spacial score (nSPS) is 17.6. The van der Waals surface area contributed by atoms with Crippen LogP contribution in [-0.4, -0.2) is 15.8 Å². The van der Waals surface area contributed by atoms with Crippen LogP contribution in [0.1, 0.15) is 41.9 Å². The second kappa shape index (κ2) is 8.89. The number of Topliss-reactive ketones (excluding diaryl/α,β-unsaturated/α-hetero) is 1. The number of H-pyrrole nitrogens is 1. The van der Waals surface area contributed by atoms with E-state index in [4.69, 9.17) is 16.6 Å². The van der Waals surface area contributed by atoms with Gasteiger partial charge in [-0.3, -0.25) is 9.59 Å². The highest BCUT2D eigenvalue weighted by Gasteiger charge is 2.37. The largest absolute Gasteiger partial charge is 0.343 e. The molecule has 2 aromatic carbocycles. The smallest absolute Gasteiger partial charge is 0.257 e. The number of anilines is 1. The Bertz CT molecular complexity index is 1320. The average molecular weight is 529 g/mol. The van der Waals surface area contributed by atoms with Crippen LogP contribution in [0.2, 0.25) is 5.02 Å². The lowest BCUT2D eigenvalue weighted by molar-refractivity contribution is -0.116. The zero-order valence-corrected chi connectivity index (χ0v) is 20.1. The summed E-state index contributed by atoms with van der Waals surface area (Å²) in [6, 6.07) is 15.4. The van der Waals surface area contributed by atoms with Gasteiger partial charge in [0.2, 0.25) is 0 Å². The van der Waals surface area contributed by atoms with Gasteiger partial charge in [-0.15, -0.1) is 0 Å². The second-order valence-corrected chi connectivity index (χ2v) is 10.1. The van der Waals surface area contributed by atoms with Gasteiger partial charge in [0, 0.05) is 38.9 Å². The van der Waals surface area contributed by atoms with Gasteiger partial charge < -0.3 is 10.3 Å². The van der Waals surface area contributed by atoms with E-state index in [0.29, 0.717) is 39.3 Å². The molecule has 0 bridgehead atoms. The molecule has 0 unspecified atom stereocenters. The Morgan fingerprint density at radius 1 is 1.12 bits per heavy atom. The molecule has 32 heavy (non-hydrogen) atoms. The molecule has 2 aliphatic rings. The summed E-state index contributed by atoms with van der Waals surface area (Å²) in [5, 5.41) is 4.51. The van der Waals surface area contributed by atoms with Gasteiger partial charge >= 0.3 is 0 Å². The summed E-state index contributed by atoms with van der Waals surface area (Å²) in [5.41, 5.74) is 3.68. The number of nitrogens with zero attached hydrogens (tertiary/aromatic N) is 1. The molecule has 2 heterocycles. The minimum Gasteiger partial charge on any atom is -0.343 e. The van der Waals surface area contributed by atoms with Gasteiger partial charge in [0.05, 0.1) is 5.56 Å². The Morgan fingerprint density at radius 2 is 1.97 bits per heavy atom. The molecular weight excluding hydrogens is 510 g/mol. The van der Waals surface area contributed by atoms with Crippen LogP contribution in [0.5, 0.6) is 0 Å². The lowest BCUT2D eigenvalue weighted by Crippen LogP contribution is -2.32. The van der Waals surface area contributed by atoms with Crippen molar-refractivity contribution in [3.63, 3.8) is 0 Å². The third kappa shape index (κ3) is 4.05. The van der Waals surface area contributed by atoms with Crippen LogP contribution >= 0.6 is 39.3 Å². The van der Waals surface area contributed by atoms with Gasteiger partial charge in [-0.1, -0.05) is 69.6 Å². The summed E-state index contributed by atoms with van der Waals surface area (Å²) in [7, 11) is 0. The number of thioether (sulfide) groups is 1.